The van der Waals surface area contributed by atoms with Crippen LogP contribution in [0, 0.1) is 0 Å². The fourth-order valence-corrected chi connectivity index (χ4v) is 5.04. The molecule has 1 N–H and O–H groups in total. The zero-order valence-electron chi connectivity index (χ0n) is 19.4. The van der Waals surface area contributed by atoms with Crippen molar-refractivity contribution in [3.63, 3.8) is 0 Å². The van der Waals surface area contributed by atoms with Gasteiger partial charge >= 0.3 is 0 Å². The van der Waals surface area contributed by atoms with E-state index in [0.29, 0.717) is 28.6 Å². The summed E-state index contributed by atoms with van der Waals surface area (Å²) in [6.45, 7) is 2.55. The van der Waals surface area contributed by atoms with Gasteiger partial charge in [0.1, 0.15) is 12.7 Å². The normalized spacial score (nSPS) is 11.9. The van der Waals surface area contributed by atoms with Gasteiger partial charge in [-0.15, -0.1) is 10.2 Å². The number of hydrogen-bond donors (Lipinski definition) is 1. The van der Waals surface area contributed by atoms with Gasteiger partial charge in [-0.3, -0.25) is 14.9 Å². The minimum absolute atomic E-state index is 0.182. The molecule has 0 bridgehead atoms. The lowest BCUT2D eigenvalue weighted by atomic mass is 10.1. The Balaban J connectivity index is 1.41. The quantitative estimate of drug-likeness (QED) is 0.323. The fourth-order valence-electron chi connectivity index (χ4n) is 4.12. The lowest BCUT2D eigenvalue weighted by Crippen LogP contribution is -2.19. The molecule has 3 heterocycles. The van der Waals surface area contributed by atoms with Crippen molar-refractivity contribution in [3.05, 3.63) is 113 Å². The number of H-pyrrole nitrogens is 1. The zero-order chi connectivity index (χ0) is 24.5. The van der Waals surface area contributed by atoms with E-state index in [1.54, 1.807) is 12.7 Å². The first-order valence-electron chi connectivity index (χ1n) is 11.4. The van der Waals surface area contributed by atoms with Crippen LogP contribution in [-0.4, -0.2) is 35.2 Å². The number of nitrogens with zero attached hydrogens (tertiary/aromatic N) is 6. The van der Waals surface area contributed by atoms with Gasteiger partial charge in [-0.1, -0.05) is 65.9 Å². The summed E-state index contributed by atoms with van der Waals surface area (Å²) in [5.74, 6) is 0. The van der Waals surface area contributed by atoms with Crippen molar-refractivity contribution in [2.75, 3.05) is 0 Å². The van der Waals surface area contributed by atoms with E-state index in [9.17, 15) is 4.79 Å². The lowest BCUT2D eigenvalue weighted by molar-refractivity contribution is 0.794. The molecule has 0 amide bonds. The van der Waals surface area contributed by atoms with Crippen molar-refractivity contribution in [2.24, 2.45) is 4.99 Å². The van der Waals surface area contributed by atoms with Gasteiger partial charge in [-0.05, 0) is 36.8 Å². The van der Waals surface area contributed by atoms with Crippen LogP contribution in [0.2, 0.25) is 0 Å². The Hall–Kier alpha value is -4.63. The average Bonchev–Trinajstić information content (AvgIpc) is 3.64. The molecule has 6 rings (SSSR count). The minimum Gasteiger partial charge on any atom is -0.316 e. The van der Waals surface area contributed by atoms with Gasteiger partial charge in [0.05, 0.1) is 32.9 Å². The first-order valence-corrected chi connectivity index (χ1v) is 12.2. The molecule has 3 aromatic heterocycles. The van der Waals surface area contributed by atoms with E-state index < -0.39 is 0 Å². The fraction of sp³-hybridized carbons (Fsp3) is 0.0741. The van der Waals surface area contributed by atoms with E-state index in [1.165, 1.54) is 16.0 Å². The van der Waals surface area contributed by atoms with Crippen LogP contribution in [0.5, 0.6) is 0 Å². The van der Waals surface area contributed by atoms with Crippen LogP contribution in [0.3, 0.4) is 0 Å². The van der Waals surface area contributed by atoms with E-state index in [1.807, 2.05) is 90.4 Å². The van der Waals surface area contributed by atoms with Gasteiger partial charge in [0.25, 0.3) is 5.56 Å². The third kappa shape index (κ3) is 4.16. The monoisotopic (exact) mass is 491 g/mol. The zero-order valence-corrected chi connectivity index (χ0v) is 20.2. The summed E-state index contributed by atoms with van der Waals surface area (Å²) in [6.07, 6.45) is 3.37. The van der Waals surface area contributed by atoms with Gasteiger partial charge in [-0.25, -0.2) is 4.98 Å². The number of benzene rings is 3. The summed E-state index contributed by atoms with van der Waals surface area (Å²) in [7, 11) is 0. The molecule has 0 atom stereocenters. The maximum atomic E-state index is 13.7. The Bertz CT molecular complexity index is 1690. The van der Waals surface area contributed by atoms with Crippen molar-refractivity contribution in [3.8, 4) is 16.4 Å². The van der Waals surface area contributed by atoms with Crippen LogP contribution in [0.4, 0.5) is 5.69 Å². The van der Waals surface area contributed by atoms with Crippen LogP contribution in [0.15, 0.2) is 101 Å². The predicted octanol–water partition coefficient (Wildman–Crippen LogP) is 5.22. The Morgan fingerprint density at radius 2 is 1.67 bits per heavy atom. The third-order valence-corrected chi connectivity index (χ3v) is 6.88. The standard InChI is InChI=1S/C27H21N7OS/c1-18(30-21-13-11-19(12-14-21)15-33-16-28-29-17-33)24-25(20-7-3-2-4-8-20)32-34(26(24)35)27-31-22-9-5-6-10-23(22)36-27/h2-14,16-17,32H,15H2,1H3. The highest BCUT2D eigenvalue weighted by molar-refractivity contribution is 7.20. The molecule has 0 fully saturated rings. The van der Waals surface area contributed by atoms with Crippen LogP contribution < -0.4 is 5.56 Å². The van der Waals surface area contributed by atoms with E-state index in [0.717, 1.165) is 27.0 Å². The van der Waals surface area contributed by atoms with Crippen LogP contribution in [-0.2, 0) is 6.54 Å². The molecule has 6 aromatic rings. The van der Waals surface area contributed by atoms with Gasteiger partial charge in [0, 0.05) is 12.1 Å². The van der Waals surface area contributed by atoms with Crippen LogP contribution in [0.25, 0.3) is 26.6 Å². The molecule has 8 nitrogen and oxygen atoms in total. The number of hydrogen-bond acceptors (Lipinski definition) is 6. The van der Waals surface area contributed by atoms with E-state index in [4.69, 9.17) is 4.99 Å². The van der Waals surface area contributed by atoms with E-state index in [-0.39, 0.29) is 5.56 Å². The summed E-state index contributed by atoms with van der Waals surface area (Å²) in [5.41, 5.74) is 5.32. The molecule has 176 valence electrons. The third-order valence-electron chi connectivity index (χ3n) is 5.85. The first-order chi connectivity index (χ1) is 17.7. The number of nitrogens with one attached hydrogen (secondary N) is 1. The molecule has 0 aliphatic heterocycles. The molecule has 0 spiro atoms. The minimum atomic E-state index is -0.182. The topological polar surface area (TPSA) is 93.8 Å². The molecular formula is C27H21N7OS. The van der Waals surface area contributed by atoms with Gasteiger partial charge in [0.15, 0.2) is 0 Å². The highest BCUT2D eigenvalue weighted by Crippen LogP contribution is 2.27. The SMILES string of the molecule is CC(=Nc1ccc(Cn2cnnc2)cc1)c1c(-c2ccccc2)[nH]n(-c2nc3ccccc3s2)c1=O. The molecule has 0 unspecified atom stereocenters. The molecule has 36 heavy (non-hydrogen) atoms. The molecule has 0 radical (unpaired) electrons. The molecular weight excluding hydrogens is 470 g/mol. The summed E-state index contributed by atoms with van der Waals surface area (Å²) in [6, 6.07) is 25.6. The number of aliphatic imine (C=N–C) groups is 1. The predicted molar refractivity (Wildman–Crippen MR) is 142 cm³/mol. The largest absolute Gasteiger partial charge is 0.316 e. The number of rotatable bonds is 6. The second kappa shape index (κ2) is 9.20. The van der Waals surface area contributed by atoms with Crippen molar-refractivity contribution >= 4 is 33.0 Å². The van der Waals surface area contributed by atoms with Crippen molar-refractivity contribution in [1.82, 2.24) is 29.5 Å². The maximum absolute atomic E-state index is 13.7. The number of para-hydroxylation sites is 1. The molecule has 0 saturated heterocycles. The van der Waals surface area contributed by atoms with Gasteiger partial charge < -0.3 is 4.57 Å². The summed E-state index contributed by atoms with van der Waals surface area (Å²) in [4.78, 5) is 23.2. The summed E-state index contributed by atoms with van der Waals surface area (Å²) < 4.78 is 4.44. The van der Waals surface area contributed by atoms with Gasteiger partial charge in [-0.2, -0.15) is 4.68 Å². The number of aromatic amines is 1. The Morgan fingerprint density at radius 1 is 0.944 bits per heavy atom. The Morgan fingerprint density at radius 3 is 2.42 bits per heavy atom. The molecule has 3 aromatic carbocycles. The smallest absolute Gasteiger partial charge is 0.283 e. The second-order valence-corrected chi connectivity index (χ2v) is 9.34. The maximum Gasteiger partial charge on any atom is 0.283 e. The van der Waals surface area contributed by atoms with Crippen molar-refractivity contribution in [1.29, 1.82) is 0 Å². The number of fused-ring (bicyclic) bond motifs is 1. The highest BCUT2D eigenvalue weighted by Gasteiger charge is 2.21. The first kappa shape index (κ1) is 21.9. The molecule has 0 aliphatic carbocycles. The molecule has 9 heteroatoms. The second-order valence-electron chi connectivity index (χ2n) is 8.33. The number of aromatic nitrogens is 6. The Labute approximate surface area is 210 Å². The molecule has 0 saturated carbocycles. The van der Waals surface area contributed by atoms with E-state index >= 15 is 0 Å². The Kier molecular flexibility index (Phi) is 5.59. The lowest BCUT2D eigenvalue weighted by Gasteiger charge is -2.04. The number of thiazole rings is 1. The van der Waals surface area contributed by atoms with Crippen LogP contribution >= 0.6 is 11.3 Å². The summed E-state index contributed by atoms with van der Waals surface area (Å²) in [5, 5.41) is 11.6. The van der Waals surface area contributed by atoms with Gasteiger partial charge in [0.2, 0.25) is 5.13 Å². The molecule has 0 aliphatic rings. The highest BCUT2D eigenvalue weighted by atomic mass is 32.1. The van der Waals surface area contributed by atoms with Crippen molar-refractivity contribution < 1.29 is 0 Å². The van der Waals surface area contributed by atoms with Crippen molar-refractivity contribution in [2.45, 2.75) is 13.5 Å². The van der Waals surface area contributed by atoms with E-state index in [2.05, 4.69) is 20.3 Å². The average molecular weight is 492 g/mol. The summed E-state index contributed by atoms with van der Waals surface area (Å²) >= 11 is 1.47. The van der Waals surface area contributed by atoms with Crippen LogP contribution in [0.1, 0.15) is 18.1 Å².